The van der Waals surface area contributed by atoms with Gasteiger partial charge in [0, 0.05) is 18.7 Å². The molecule has 1 saturated heterocycles. The molecule has 2 aromatic carbocycles. The number of hydrogen-bond donors (Lipinski definition) is 2. The van der Waals surface area contributed by atoms with Crippen LogP contribution in [-0.4, -0.2) is 52.9 Å². The molecule has 0 spiro atoms. The summed E-state index contributed by atoms with van der Waals surface area (Å²) in [6.07, 6.45) is 0.591. The Kier molecular flexibility index (Phi) is 6.05. The van der Waals surface area contributed by atoms with Gasteiger partial charge in [0.25, 0.3) is 11.7 Å². The Morgan fingerprint density at radius 2 is 1.84 bits per heavy atom. The van der Waals surface area contributed by atoms with E-state index in [4.69, 9.17) is 14.2 Å². The zero-order valence-corrected chi connectivity index (χ0v) is 17.9. The number of nitrogens with zero attached hydrogens (tertiary/aromatic N) is 1. The summed E-state index contributed by atoms with van der Waals surface area (Å²) < 4.78 is 16.2. The highest BCUT2D eigenvalue weighted by atomic mass is 16.7. The van der Waals surface area contributed by atoms with Gasteiger partial charge in [0.15, 0.2) is 11.5 Å². The number of phenolic OH excluding ortho intramolecular Hbond substituents is 1. The van der Waals surface area contributed by atoms with Gasteiger partial charge in [-0.05, 0) is 56.2 Å². The number of ketones is 1. The highest BCUT2D eigenvalue weighted by Gasteiger charge is 2.45. The zero-order chi connectivity index (χ0) is 22.8. The summed E-state index contributed by atoms with van der Waals surface area (Å²) in [6, 6.07) is 10.3. The van der Waals surface area contributed by atoms with Crippen molar-refractivity contribution < 1.29 is 34.0 Å². The summed E-state index contributed by atoms with van der Waals surface area (Å²) in [5, 5.41) is 20.8. The van der Waals surface area contributed by atoms with E-state index in [0.717, 1.165) is 0 Å². The van der Waals surface area contributed by atoms with Crippen LogP contribution >= 0.6 is 0 Å². The number of aliphatic hydroxyl groups is 1. The summed E-state index contributed by atoms with van der Waals surface area (Å²) >= 11 is 0. The van der Waals surface area contributed by atoms with Gasteiger partial charge in [-0.15, -0.1) is 0 Å². The van der Waals surface area contributed by atoms with Gasteiger partial charge in [0.1, 0.15) is 11.5 Å². The van der Waals surface area contributed by atoms with Crippen molar-refractivity contribution in [3.63, 3.8) is 0 Å². The van der Waals surface area contributed by atoms with E-state index in [2.05, 4.69) is 0 Å². The van der Waals surface area contributed by atoms with Crippen LogP contribution in [0.25, 0.3) is 5.76 Å². The predicted octanol–water partition coefficient (Wildman–Crippen LogP) is 3.36. The molecular formula is C24H25NO7. The molecule has 0 radical (unpaired) electrons. The summed E-state index contributed by atoms with van der Waals surface area (Å²) in [6.45, 7) is 4.64. The van der Waals surface area contributed by atoms with Crippen molar-refractivity contribution in [3.8, 4) is 17.2 Å². The second kappa shape index (κ2) is 8.92. The first kappa shape index (κ1) is 21.7. The summed E-state index contributed by atoms with van der Waals surface area (Å²) in [5.41, 5.74) is 0.942. The largest absolute Gasteiger partial charge is 0.508 e. The molecule has 2 aromatic rings. The van der Waals surface area contributed by atoms with Crippen molar-refractivity contribution in [2.24, 2.45) is 0 Å². The third kappa shape index (κ3) is 4.13. The van der Waals surface area contributed by atoms with E-state index in [9.17, 15) is 19.8 Å². The van der Waals surface area contributed by atoms with E-state index in [-0.39, 0.29) is 36.5 Å². The molecule has 0 aromatic heterocycles. The second-order valence-electron chi connectivity index (χ2n) is 7.93. The lowest BCUT2D eigenvalue weighted by Crippen LogP contribution is -2.31. The van der Waals surface area contributed by atoms with Crippen LogP contribution in [0.2, 0.25) is 0 Å². The van der Waals surface area contributed by atoms with E-state index < -0.39 is 17.7 Å². The molecule has 8 heteroatoms. The Bertz CT molecular complexity index is 1060. The van der Waals surface area contributed by atoms with Gasteiger partial charge in [-0.3, -0.25) is 9.59 Å². The van der Waals surface area contributed by atoms with Crippen LogP contribution in [0, 0.1) is 0 Å². The minimum absolute atomic E-state index is 0.00988. The monoisotopic (exact) mass is 439 g/mol. The number of Topliss-reactive ketones (excluding diaryl/α,β-unsaturated/α-hetero) is 1. The van der Waals surface area contributed by atoms with Gasteiger partial charge in [-0.1, -0.05) is 12.1 Å². The van der Waals surface area contributed by atoms with Crippen molar-refractivity contribution in [3.05, 3.63) is 59.2 Å². The lowest BCUT2D eigenvalue weighted by atomic mass is 9.95. The molecule has 2 heterocycles. The van der Waals surface area contributed by atoms with Crippen molar-refractivity contribution in [1.29, 1.82) is 0 Å². The van der Waals surface area contributed by atoms with Crippen LogP contribution in [0.15, 0.2) is 48.0 Å². The first-order valence-electron chi connectivity index (χ1n) is 10.5. The molecule has 0 bridgehead atoms. The fourth-order valence-corrected chi connectivity index (χ4v) is 3.87. The highest BCUT2D eigenvalue weighted by Crippen LogP contribution is 2.41. The number of carbonyl (C=O) groups excluding carboxylic acids is 2. The number of ether oxygens (including phenoxy) is 3. The molecule has 4 rings (SSSR count). The van der Waals surface area contributed by atoms with Crippen molar-refractivity contribution in [2.45, 2.75) is 32.4 Å². The fourth-order valence-electron chi connectivity index (χ4n) is 3.87. The fraction of sp³-hybridized carbons (Fsp3) is 0.333. The Hall–Kier alpha value is -3.52. The molecule has 1 unspecified atom stereocenters. The maximum absolute atomic E-state index is 13.0. The van der Waals surface area contributed by atoms with Crippen LogP contribution < -0.4 is 9.47 Å². The molecular weight excluding hydrogens is 414 g/mol. The quantitative estimate of drug-likeness (QED) is 0.295. The first-order valence-corrected chi connectivity index (χ1v) is 10.5. The predicted molar refractivity (Wildman–Crippen MR) is 115 cm³/mol. The van der Waals surface area contributed by atoms with Gasteiger partial charge in [-0.25, -0.2) is 0 Å². The Morgan fingerprint density at radius 3 is 2.56 bits per heavy atom. The number of benzene rings is 2. The number of amides is 1. The average Bonchev–Trinajstić information content (AvgIpc) is 3.34. The molecule has 168 valence electrons. The number of aromatic hydroxyl groups is 1. The van der Waals surface area contributed by atoms with Gasteiger partial charge in [-0.2, -0.15) is 0 Å². The molecule has 1 amide bonds. The van der Waals surface area contributed by atoms with Crippen molar-refractivity contribution in [2.75, 3.05) is 19.9 Å². The average molecular weight is 439 g/mol. The third-order valence-corrected chi connectivity index (χ3v) is 5.39. The summed E-state index contributed by atoms with van der Waals surface area (Å²) in [5.74, 6) is -0.678. The van der Waals surface area contributed by atoms with Crippen molar-refractivity contribution >= 4 is 17.4 Å². The minimum atomic E-state index is -0.792. The topological polar surface area (TPSA) is 106 Å². The first-order chi connectivity index (χ1) is 15.4. The summed E-state index contributed by atoms with van der Waals surface area (Å²) in [4.78, 5) is 27.4. The number of aliphatic hydroxyl groups excluding tert-OH is 1. The van der Waals surface area contributed by atoms with Crippen LogP contribution in [0.4, 0.5) is 0 Å². The standard InChI is InChI=1S/C24H25NO7/c1-14(2)30-11-3-10-25-21(15-4-7-17(26)8-5-15)20(23(28)24(25)29)22(27)16-6-9-18-19(12-16)32-13-31-18/h4-9,12,14,21,26-27H,3,10-11,13H2,1-2H3/b22-20-. The SMILES string of the molecule is CC(C)OCCCN1C(=O)C(=O)/C(=C(\O)c2ccc3c(c2)OCO3)C1c1ccc(O)cc1. The summed E-state index contributed by atoms with van der Waals surface area (Å²) in [7, 11) is 0. The van der Waals surface area contributed by atoms with Gasteiger partial charge in [0.2, 0.25) is 6.79 Å². The molecule has 32 heavy (non-hydrogen) atoms. The number of rotatable bonds is 7. The molecule has 8 nitrogen and oxygen atoms in total. The Balaban J connectivity index is 1.73. The van der Waals surface area contributed by atoms with Crippen LogP contribution in [0.5, 0.6) is 17.2 Å². The van der Waals surface area contributed by atoms with Crippen LogP contribution in [0.3, 0.4) is 0 Å². The highest BCUT2D eigenvalue weighted by molar-refractivity contribution is 6.46. The van der Waals surface area contributed by atoms with E-state index in [1.807, 2.05) is 13.8 Å². The van der Waals surface area contributed by atoms with Crippen molar-refractivity contribution in [1.82, 2.24) is 4.90 Å². The molecule has 1 atom stereocenters. The smallest absolute Gasteiger partial charge is 0.295 e. The third-order valence-electron chi connectivity index (χ3n) is 5.39. The normalized spacial score (nSPS) is 19.2. The molecule has 2 N–H and O–H groups in total. The zero-order valence-electron chi connectivity index (χ0n) is 17.9. The van der Waals surface area contributed by atoms with Crippen LogP contribution in [-0.2, 0) is 14.3 Å². The molecule has 1 fully saturated rings. The Morgan fingerprint density at radius 1 is 1.12 bits per heavy atom. The number of phenols is 1. The second-order valence-corrected chi connectivity index (χ2v) is 7.93. The lowest BCUT2D eigenvalue weighted by molar-refractivity contribution is -0.140. The minimum Gasteiger partial charge on any atom is -0.508 e. The maximum atomic E-state index is 13.0. The van der Waals surface area contributed by atoms with Gasteiger partial charge >= 0.3 is 0 Å². The maximum Gasteiger partial charge on any atom is 0.295 e. The number of carbonyl (C=O) groups is 2. The molecule has 0 saturated carbocycles. The van der Waals surface area contributed by atoms with E-state index >= 15 is 0 Å². The van der Waals surface area contributed by atoms with Gasteiger partial charge in [0.05, 0.1) is 17.7 Å². The molecule has 2 aliphatic rings. The number of likely N-dealkylation sites (tertiary alicyclic amines) is 1. The Labute approximate surface area is 185 Å². The molecule has 0 aliphatic carbocycles. The van der Waals surface area contributed by atoms with Crippen LogP contribution in [0.1, 0.15) is 37.4 Å². The van der Waals surface area contributed by atoms with E-state index in [1.54, 1.807) is 30.3 Å². The number of fused-ring (bicyclic) bond motifs is 1. The number of hydrogen-bond acceptors (Lipinski definition) is 7. The van der Waals surface area contributed by atoms with E-state index in [1.165, 1.54) is 17.0 Å². The molecule has 2 aliphatic heterocycles. The lowest BCUT2D eigenvalue weighted by Gasteiger charge is -2.25. The van der Waals surface area contributed by atoms with Gasteiger partial charge < -0.3 is 29.3 Å². The van der Waals surface area contributed by atoms with E-state index in [0.29, 0.717) is 35.7 Å².